The smallest absolute Gasteiger partial charge is 0.375 e. The molecule has 7 heteroatoms. The van der Waals surface area contributed by atoms with Gasteiger partial charge in [-0.1, -0.05) is 0 Å². The molecule has 0 bridgehead atoms. The van der Waals surface area contributed by atoms with Gasteiger partial charge in [-0.25, -0.2) is 13.2 Å². The Morgan fingerprint density at radius 3 is 1.46 bits per heavy atom. The van der Waals surface area contributed by atoms with Crippen molar-refractivity contribution in [1.29, 1.82) is 0 Å². The largest absolute Gasteiger partial charge is 0.545 e. The van der Waals surface area contributed by atoms with Gasteiger partial charge in [-0.15, -0.1) is 0 Å². The van der Waals surface area contributed by atoms with E-state index >= 15 is 0 Å². The molecule has 0 heterocycles. The fourth-order valence-electron chi connectivity index (χ4n) is 0.982. The summed E-state index contributed by atoms with van der Waals surface area (Å²) in [6.45, 7) is 0.709. The normalized spacial score (nSPS) is 17.5. The van der Waals surface area contributed by atoms with E-state index in [0.29, 0.717) is 6.92 Å². The second-order valence-corrected chi connectivity index (χ2v) is 5.86. The van der Waals surface area contributed by atoms with Crippen LogP contribution < -0.4 is 0 Å². The molecule has 0 aromatic rings. The highest BCUT2D eigenvalue weighted by Gasteiger charge is 2.64. The van der Waals surface area contributed by atoms with Crippen LogP contribution in [0.15, 0.2) is 0 Å². The molecule has 0 aliphatic carbocycles. The fourth-order valence-corrected chi connectivity index (χ4v) is 2.95. The van der Waals surface area contributed by atoms with E-state index in [-0.39, 0.29) is 0 Å². The van der Waals surface area contributed by atoms with Crippen molar-refractivity contribution < 1.29 is 26.4 Å². The molecule has 0 aromatic heterocycles. The van der Waals surface area contributed by atoms with Gasteiger partial charge in [0.25, 0.3) is 6.43 Å². The van der Waals surface area contributed by atoms with Crippen LogP contribution in [0.5, 0.6) is 0 Å². The first-order valence-electron chi connectivity index (χ1n) is 3.50. The van der Waals surface area contributed by atoms with Crippen molar-refractivity contribution in [3.8, 4) is 0 Å². The molecule has 0 saturated carbocycles. The van der Waals surface area contributed by atoms with E-state index in [1.54, 1.807) is 0 Å². The van der Waals surface area contributed by atoms with Crippen LogP contribution >= 0.6 is 0 Å². The van der Waals surface area contributed by atoms with Crippen molar-refractivity contribution in [3.05, 3.63) is 0 Å². The predicted octanol–water partition coefficient (Wildman–Crippen LogP) is 1.40. The number of hydrogen-bond acceptors (Lipinski definition) is 3. The monoisotopic (exact) mass is 218 g/mol. The first-order valence-corrected chi connectivity index (χ1v) is 5.23. The number of halogens is 3. The average Bonchev–Trinajstić information content (AvgIpc) is 2.08. The molecular weight excluding hydrogens is 205 g/mol. The third-order valence-corrected chi connectivity index (χ3v) is 4.84. The Bertz CT molecular complexity index is 153. The lowest BCUT2D eigenvalue weighted by atomic mass is 10.4. The lowest BCUT2D eigenvalue weighted by molar-refractivity contribution is -0.0382. The topological polar surface area (TPSA) is 27.7 Å². The summed E-state index contributed by atoms with van der Waals surface area (Å²) >= 11 is 0. The van der Waals surface area contributed by atoms with Crippen LogP contribution in [0.1, 0.15) is 6.92 Å². The van der Waals surface area contributed by atoms with Gasteiger partial charge in [-0.3, -0.25) is 0 Å². The third kappa shape index (κ3) is 2.04. The second kappa shape index (κ2) is 4.40. The summed E-state index contributed by atoms with van der Waals surface area (Å²) < 4.78 is 51.9. The summed E-state index contributed by atoms with van der Waals surface area (Å²) in [4.78, 5) is 0. The van der Waals surface area contributed by atoms with Crippen molar-refractivity contribution in [1.82, 2.24) is 0 Å². The molecule has 0 N–H and O–H groups in total. The van der Waals surface area contributed by atoms with Gasteiger partial charge < -0.3 is 13.3 Å². The minimum absolute atomic E-state index is 0.709. The van der Waals surface area contributed by atoms with E-state index in [1.165, 1.54) is 0 Å². The highest BCUT2D eigenvalue weighted by molar-refractivity contribution is 6.64. The van der Waals surface area contributed by atoms with Crippen molar-refractivity contribution in [2.75, 3.05) is 21.3 Å². The summed E-state index contributed by atoms with van der Waals surface area (Å²) in [6.07, 6.45) is -3.21. The van der Waals surface area contributed by atoms with Gasteiger partial charge >= 0.3 is 8.80 Å². The Labute approximate surface area is 76.2 Å². The molecular formula is C6H13F3O3Si. The third-order valence-electron chi connectivity index (χ3n) is 1.81. The van der Waals surface area contributed by atoms with Gasteiger partial charge in [-0.05, 0) is 6.92 Å². The van der Waals surface area contributed by atoms with Crippen molar-refractivity contribution in [2.24, 2.45) is 0 Å². The zero-order valence-electron chi connectivity index (χ0n) is 7.94. The Kier molecular flexibility index (Phi) is 4.37. The van der Waals surface area contributed by atoms with Crippen molar-refractivity contribution in [3.63, 3.8) is 0 Å². The average molecular weight is 218 g/mol. The molecule has 0 aliphatic heterocycles. The Morgan fingerprint density at radius 1 is 1.08 bits per heavy atom. The molecule has 80 valence electrons. The summed E-state index contributed by atoms with van der Waals surface area (Å²) in [5.41, 5.74) is 0. The molecule has 0 fully saturated rings. The van der Waals surface area contributed by atoms with E-state index in [0.717, 1.165) is 21.3 Å². The SMILES string of the molecule is CO[Si](OC)(OC)C(C)(F)C(F)F. The summed E-state index contributed by atoms with van der Waals surface area (Å²) in [5.74, 6) is 0. The van der Waals surface area contributed by atoms with Crippen LogP contribution in [0.25, 0.3) is 0 Å². The maximum atomic E-state index is 13.5. The number of hydrogen-bond donors (Lipinski definition) is 0. The molecule has 13 heavy (non-hydrogen) atoms. The Morgan fingerprint density at radius 2 is 1.38 bits per heavy atom. The van der Waals surface area contributed by atoms with Crippen LogP contribution in [0.4, 0.5) is 13.2 Å². The zero-order chi connectivity index (χ0) is 10.7. The zero-order valence-corrected chi connectivity index (χ0v) is 8.94. The maximum absolute atomic E-state index is 13.5. The van der Waals surface area contributed by atoms with E-state index in [4.69, 9.17) is 0 Å². The van der Waals surface area contributed by atoms with E-state index in [1.807, 2.05) is 0 Å². The van der Waals surface area contributed by atoms with Gasteiger partial charge in [-0.2, -0.15) is 0 Å². The van der Waals surface area contributed by atoms with Crippen LogP contribution in [-0.4, -0.2) is 41.9 Å². The first kappa shape index (κ1) is 12.9. The highest BCUT2D eigenvalue weighted by atomic mass is 28.4. The standard InChI is InChI=1S/C6H13F3O3Si/c1-6(9,5(7)8)13(10-2,11-3)12-4/h5H,1-4H3. The lowest BCUT2D eigenvalue weighted by Gasteiger charge is -2.34. The predicted molar refractivity (Wildman–Crippen MR) is 42.3 cm³/mol. The van der Waals surface area contributed by atoms with Crippen LogP contribution in [-0.2, 0) is 13.3 Å². The minimum Gasteiger partial charge on any atom is -0.375 e. The van der Waals surface area contributed by atoms with Crippen molar-refractivity contribution >= 4 is 8.80 Å². The van der Waals surface area contributed by atoms with Crippen LogP contribution in [0, 0.1) is 0 Å². The maximum Gasteiger partial charge on any atom is 0.545 e. The van der Waals surface area contributed by atoms with Gasteiger partial charge in [0.2, 0.25) is 5.29 Å². The molecule has 0 aromatic carbocycles. The van der Waals surface area contributed by atoms with Crippen molar-refractivity contribution in [2.45, 2.75) is 18.6 Å². The van der Waals surface area contributed by atoms with Gasteiger partial charge in [0.05, 0.1) is 0 Å². The number of rotatable bonds is 5. The van der Waals surface area contributed by atoms with Crippen LogP contribution in [0.2, 0.25) is 0 Å². The highest BCUT2D eigenvalue weighted by Crippen LogP contribution is 2.32. The lowest BCUT2D eigenvalue weighted by Crippen LogP contribution is -2.63. The quantitative estimate of drug-likeness (QED) is 0.653. The summed E-state index contributed by atoms with van der Waals surface area (Å²) in [5, 5.41) is -2.90. The molecule has 0 amide bonds. The van der Waals surface area contributed by atoms with Gasteiger partial charge in [0.1, 0.15) is 0 Å². The van der Waals surface area contributed by atoms with Gasteiger partial charge in [0.15, 0.2) is 0 Å². The molecule has 0 radical (unpaired) electrons. The molecule has 0 spiro atoms. The van der Waals surface area contributed by atoms with E-state index < -0.39 is 20.5 Å². The Balaban J connectivity index is 4.91. The molecule has 0 rings (SSSR count). The van der Waals surface area contributed by atoms with Gasteiger partial charge in [0, 0.05) is 21.3 Å². The van der Waals surface area contributed by atoms with E-state index in [9.17, 15) is 13.2 Å². The van der Waals surface area contributed by atoms with Crippen LogP contribution in [0.3, 0.4) is 0 Å². The van der Waals surface area contributed by atoms with E-state index in [2.05, 4.69) is 13.3 Å². The Hall–Kier alpha value is -0.113. The second-order valence-electron chi connectivity index (χ2n) is 2.54. The summed E-state index contributed by atoms with van der Waals surface area (Å²) in [7, 11) is -0.676. The minimum atomic E-state index is -3.92. The molecule has 0 aliphatic rings. The molecule has 0 saturated heterocycles. The molecule has 1 atom stereocenters. The molecule has 1 unspecified atom stereocenters. The molecule has 3 nitrogen and oxygen atoms in total. The number of alkyl halides is 3. The summed E-state index contributed by atoms with van der Waals surface area (Å²) in [6, 6.07) is 0. The fraction of sp³-hybridized carbons (Fsp3) is 1.00. The first-order chi connectivity index (χ1) is 5.88.